The lowest BCUT2D eigenvalue weighted by Gasteiger charge is -2.07. The minimum atomic E-state index is -0.154. The molecule has 0 aliphatic rings. The Morgan fingerprint density at radius 1 is 1.12 bits per heavy atom. The van der Waals surface area contributed by atoms with Gasteiger partial charge >= 0.3 is 0 Å². The molecule has 0 atom stereocenters. The minimum absolute atomic E-state index is 0.154. The number of thiophene rings is 1. The molecule has 3 aromatic heterocycles. The van der Waals surface area contributed by atoms with Gasteiger partial charge in [-0.25, -0.2) is 0 Å². The van der Waals surface area contributed by atoms with Crippen LogP contribution in [0.15, 0.2) is 51.7 Å². The predicted molar refractivity (Wildman–Crippen MR) is 98.7 cm³/mol. The number of thioether (sulfide) groups is 1. The van der Waals surface area contributed by atoms with Gasteiger partial charge in [0.15, 0.2) is 11.0 Å². The Morgan fingerprint density at radius 3 is 2.80 bits per heavy atom. The van der Waals surface area contributed by atoms with Crippen molar-refractivity contribution in [2.45, 2.75) is 24.5 Å². The molecular weight excluding hydrogens is 356 g/mol. The van der Waals surface area contributed by atoms with Crippen molar-refractivity contribution in [3.05, 3.63) is 52.1 Å². The molecule has 4 rings (SSSR count). The summed E-state index contributed by atoms with van der Waals surface area (Å²) in [6.45, 7) is 2.80. The molecule has 0 saturated heterocycles. The van der Waals surface area contributed by atoms with Gasteiger partial charge in [-0.15, -0.1) is 26.6 Å². The first kappa shape index (κ1) is 16.0. The average Bonchev–Trinajstić information content (AvgIpc) is 3.30. The molecule has 0 bridgehead atoms. The van der Waals surface area contributed by atoms with Crippen LogP contribution < -0.4 is 5.56 Å². The van der Waals surface area contributed by atoms with E-state index in [0.717, 1.165) is 22.4 Å². The van der Waals surface area contributed by atoms with Crippen LogP contribution >= 0.6 is 23.1 Å². The number of nitrogens with zero attached hydrogens (tertiary/aromatic N) is 6. The van der Waals surface area contributed by atoms with Crippen molar-refractivity contribution in [1.82, 2.24) is 29.8 Å². The number of benzene rings is 1. The van der Waals surface area contributed by atoms with E-state index in [1.54, 1.807) is 23.5 Å². The van der Waals surface area contributed by atoms with Gasteiger partial charge in [-0.2, -0.15) is 4.68 Å². The van der Waals surface area contributed by atoms with Gasteiger partial charge in [0.1, 0.15) is 5.52 Å². The van der Waals surface area contributed by atoms with Crippen LogP contribution in [0.25, 0.3) is 21.6 Å². The maximum atomic E-state index is 12.5. The van der Waals surface area contributed by atoms with Gasteiger partial charge in [0.25, 0.3) is 5.56 Å². The standard InChI is InChI=1S/C16H14N6OS2/c1-2-21-14(13-8-5-9-24-13)18-19-16(21)25-10-22-15(23)11-6-3-4-7-12(11)17-20-22/h3-9H,2,10H2,1H3. The molecule has 0 amide bonds. The fourth-order valence-corrected chi connectivity index (χ4v) is 4.09. The number of hydrogen-bond acceptors (Lipinski definition) is 7. The van der Waals surface area contributed by atoms with Crippen molar-refractivity contribution in [3.8, 4) is 10.7 Å². The highest BCUT2D eigenvalue weighted by molar-refractivity contribution is 7.98. The van der Waals surface area contributed by atoms with Crippen LogP contribution in [0.3, 0.4) is 0 Å². The van der Waals surface area contributed by atoms with E-state index in [2.05, 4.69) is 20.5 Å². The molecule has 9 heteroatoms. The molecule has 0 N–H and O–H groups in total. The molecule has 3 heterocycles. The zero-order chi connectivity index (χ0) is 17.2. The summed E-state index contributed by atoms with van der Waals surface area (Å²) in [4.78, 5) is 13.6. The van der Waals surface area contributed by atoms with E-state index in [0.29, 0.717) is 16.8 Å². The van der Waals surface area contributed by atoms with Crippen molar-refractivity contribution in [2.24, 2.45) is 0 Å². The topological polar surface area (TPSA) is 78.5 Å². The van der Waals surface area contributed by atoms with E-state index in [9.17, 15) is 4.79 Å². The van der Waals surface area contributed by atoms with E-state index in [-0.39, 0.29) is 5.56 Å². The first-order valence-corrected chi connectivity index (χ1v) is 9.57. The molecule has 0 fully saturated rings. The molecule has 4 aromatic rings. The van der Waals surface area contributed by atoms with Crippen LogP contribution in [-0.4, -0.2) is 29.8 Å². The Balaban J connectivity index is 1.62. The Morgan fingerprint density at radius 2 is 2.00 bits per heavy atom. The van der Waals surface area contributed by atoms with Crippen molar-refractivity contribution in [1.29, 1.82) is 0 Å². The summed E-state index contributed by atoms with van der Waals surface area (Å²) in [5.41, 5.74) is 0.449. The Hall–Kier alpha value is -2.52. The van der Waals surface area contributed by atoms with Crippen LogP contribution in [-0.2, 0) is 12.4 Å². The molecule has 0 aliphatic carbocycles. The van der Waals surface area contributed by atoms with Crippen LogP contribution in [0.1, 0.15) is 6.92 Å². The summed E-state index contributed by atoms with van der Waals surface area (Å²) in [5, 5.41) is 20.0. The molecule has 0 spiro atoms. The van der Waals surface area contributed by atoms with Crippen LogP contribution in [0.5, 0.6) is 0 Å². The molecule has 25 heavy (non-hydrogen) atoms. The fraction of sp³-hybridized carbons (Fsp3) is 0.188. The first-order valence-electron chi connectivity index (χ1n) is 7.70. The van der Waals surface area contributed by atoms with E-state index >= 15 is 0 Å². The number of aromatic nitrogens is 6. The lowest BCUT2D eigenvalue weighted by atomic mass is 10.2. The molecule has 0 unspecified atom stereocenters. The fourth-order valence-electron chi connectivity index (χ4n) is 2.50. The zero-order valence-electron chi connectivity index (χ0n) is 13.4. The van der Waals surface area contributed by atoms with Crippen molar-refractivity contribution < 1.29 is 0 Å². The Bertz CT molecular complexity index is 1070. The number of hydrogen-bond donors (Lipinski definition) is 0. The SMILES string of the molecule is CCn1c(SCn2nnc3ccccc3c2=O)nnc1-c1cccs1. The summed E-state index contributed by atoms with van der Waals surface area (Å²) >= 11 is 3.05. The van der Waals surface area contributed by atoms with E-state index in [1.807, 2.05) is 41.1 Å². The van der Waals surface area contributed by atoms with Crippen molar-refractivity contribution >= 4 is 34.0 Å². The normalized spacial score (nSPS) is 11.2. The summed E-state index contributed by atoms with van der Waals surface area (Å²) < 4.78 is 3.39. The summed E-state index contributed by atoms with van der Waals surface area (Å²) in [7, 11) is 0. The van der Waals surface area contributed by atoms with Crippen LogP contribution in [0.2, 0.25) is 0 Å². The Labute approximate surface area is 151 Å². The maximum Gasteiger partial charge on any atom is 0.278 e. The van der Waals surface area contributed by atoms with Gasteiger partial charge in [0.05, 0.1) is 16.1 Å². The molecule has 7 nitrogen and oxygen atoms in total. The second-order valence-electron chi connectivity index (χ2n) is 5.21. The zero-order valence-corrected chi connectivity index (χ0v) is 15.0. The minimum Gasteiger partial charge on any atom is -0.302 e. The summed E-state index contributed by atoms with van der Waals surface area (Å²) in [5.74, 6) is 1.18. The highest BCUT2D eigenvalue weighted by Gasteiger charge is 2.14. The van der Waals surface area contributed by atoms with Gasteiger partial charge in [0.2, 0.25) is 0 Å². The van der Waals surface area contributed by atoms with Crippen molar-refractivity contribution in [3.63, 3.8) is 0 Å². The molecule has 0 saturated carbocycles. The largest absolute Gasteiger partial charge is 0.302 e. The average molecular weight is 370 g/mol. The molecule has 126 valence electrons. The van der Waals surface area contributed by atoms with E-state index in [1.165, 1.54) is 16.4 Å². The second-order valence-corrected chi connectivity index (χ2v) is 7.07. The lowest BCUT2D eigenvalue weighted by molar-refractivity contribution is 0.637. The molecule has 0 radical (unpaired) electrons. The smallest absolute Gasteiger partial charge is 0.278 e. The maximum absolute atomic E-state index is 12.5. The Kier molecular flexibility index (Phi) is 4.33. The van der Waals surface area contributed by atoms with E-state index in [4.69, 9.17) is 0 Å². The molecular formula is C16H14N6OS2. The van der Waals surface area contributed by atoms with Crippen LogP contribution in [0.4, 0.5) is 0 Å². The molecule has 0 aliphatic heterocycles. The van der Waals surface area contributed by atoms with E-state index < -0.39 is 0 Å². The highest BCUT2D eigenvalue weighted by atomic mass is 32.2. The quantitative estimate of drug-likeness (QED) is 0.503. The second kappa shape index (κ2) is 6.77. The predicted octanol–water partition coefficient (Wildman–Crippen LogP) is 2.88. The summed E-state index contributed by atoms with van der Waals surface area (Å²) in [6, 6.07) is 11.2. The monoisotopic (exact) mass is 370 g/mol. The third-order valence-corrected chi connectivity index (χ3v) is 5.52. The van der Waals surface area contributed by atoms with Crippen LogP contribution in [0, 0.1) is 0 Å². The van der Waals surface area contributed by atoms with Gasteiger partial charge in [0, 0.05) is 6.54 Å². The highest BCUT2D eigenvalue weighted by Crippen LogP contribution is 2.27. The number of fused-ring (bicyclic) bond motifs is 1. The lowest BCUT2D eigenvalue weighted by Crippen LogP contribution is -2.23. The first-order chi connectivity index (χ1) is 12.3. The third-order valence-electron chi connectivity index (χ3n) is 3.72. The van der Waals surface area contributed by atoms with Gasteiger partial charge in [-0.05, 0) is 30.5 Å². The summed E-state index contributed by atoms with van der Waals surface area (Å²) in [6.07, 6.45) is 0. The van der Waals surface area contributed by atoms with Gasteiger partial charge < -0.3 is 4.57 Å². The number of rotatable bonds is 5. The third kappa shape index (κ3) is 2.96. The van der Waals surface area contributed by atoms with Gasteiger partial charge in [-0.3, -0.25) is 4.79 Å². The van der Waals surface area contributed by atoms with Gasteiger partial charge in [-0.1, -0.05) is 35.2 Å². The van der Waals surface area contributed by atoms with Crippen molar-refractivity contribution in [2.75, 3.05) is 0 Å². The molecule has 1 aromatic carbocycles.